The SMILES string of the molecule is O=C(Nc1cccc(OCCn2cccn2)c1)c1ccnc(-n2ccnc2)c1. The molecule has 1 N–H and O–H groups in total. The first-order valence-corrected chi connectivity index (χ1v) is 8.74. The molecule has 0 bridgehead atoms. The second-order valence-electron chi connectivity index (χ2n) is 5.97. The van der Waals surface area contributed by atoms with Crippen LogP contribution < -0.4 is 10.1 Å². The maximum Gasteiger partial charge on any atom is 0.255 e. The molecule has 3 aromatic heterocycles. The number of nitrogens with zero attached hydrogens (tertiary/aromatic N) is 5. The Labute approximate surface area is 161 Å². The first-order valence-electron chi connectivity index (χ1n) is 8.74. The summed E-state index contributed by atoms with van der Waals surface area (Å²) in [6, 6.07) is 12.5. The largest absolute Gasteiger partial charge is 0.492 e. The van der Waals surface area contributed by atoms with E-state index in [4.69, 9.17) is 4.74 Å². The summed E-state index contributed by atoms with van der Waals surface area (Å²) in [5.74, 6) is 1.08. The average molecular weight is 374 g/mol. The average Bonchev–Trinajstić information content (AvgIpc) is 3.43. The van der Waals surface area contributed by atoms with Crippen molar-refractivity contribution in [3.8, 4) is 11.6 Å². The van der Waals surface area contributed by atoms with Crippen LogP contribution in [0.15, 0.2) is 79.8 Å². The third-order valence-electron chi connectivity index (χ3n) is 4.02. The summed E-state index contributed by atoms with van der Waals surface area (Å²) in [7, 11) is 0. The number of imidazole rings is 1. The van der Waals surface area contributed by atoms with Gasteiger partial charge in [-0.15, -0.1) is 0 Å². The lowest BCUT2D eigenvalue weighted by molar-refractivity contribution is 0.102. The molecule has 3 heterocycles. The van der Waals surface area contributed by atoms with Crippen LogP contribution in [0.5, 0.6) is 5.75 Å². The molecule has 1 aromatic carbocycles. The predicted octanol–water partition coefficient (Wildman–Crippen LogP) is 2.80. The van der Waals surface area contributed by atoms with Crippen LogP contribution in [0.4, 0.5) is 5.69 Å². The second-order valence-corrected chi connectivity index (χ2v) is 5.97. The highest BCUT2D eigenvalue weighted by Gasteiger charge is 2.09. The fourth-order valence-electron chi connectivity index (χ4n) is 2.65. The van der Waals surface area contributed by atoms with Gasteiger partial charge >= 0.3 is 0 Å². The maximum atomic E-state index is 12.6. The van der Waals surface area contributed by atoms with Gasteiger partial charge in [-0.05, 0) is 30.3 Å². The van der Waals surface area contributed by atoms with E-state index in [9.17, 15) is 4.79 Å². The van der Waals surface area contributed by atoms with Crippen LogP contribution in [0.3, 0.4) is 0 Å². The van der Waals surface area contributed by atoms with E-state index in [2.05, 4.69) is 20.4 Å². The van der Waals surface area contributed by atoms with Gasteiger partial charge in [-0.2, -0.15) is 5.10 Å². The summed E-state index contributed by atoms with van der Waals surface area (Å²) in [6.07, 6.45) is 10.3. The van der Waals surface area contributed by atoms with Crippen molar-refractivity contribution < 1.29 is 9.53 Å². The molecule has 28 heavy (non-hydrogen) atoms. The van der Waals surface area contributed by atoms with Gasteiger partial charge in [0, 0.05) is 48.3 Å². The smallest absolute Gasteiger partial charge is 0.255 e. The van der Waals surface area contributed by atoms with E-state index >= 15 is 0 Å². The summed E-state index contributed by atoms with van der Waals surface area (Å²) >= 11 is 0. The third kappa shape index (κ3) is 4.24. The normalized spacial score (nSPS) is 10.6. The summed E-state index contributed by atoms with van der Waals surface area (Å²) in [5.41, 5.74) is 1.16. The van der Waals surface area contributed by atoms with Crippen molar-refractivity contribution in [3.63, 3.8) is 0 Å². The van der Waals surface area contributed by atoms with E-state index in [0.717, 1.165) is 0 Å². The van der Waals surface area contributed by atoms with Crippen molar-refractivity contribution in [3.05, 3.63) is 85.3 Å². The van der Waals surface area contributed by atoms with Crippen molar-refractivity contribution in [1.82, 2.24) is 24.3 Å². The summed E-state index contributed by atoms with van der Waals surface area (Å²) < 4.78 is 9.28. The van der Waals surface area contributed by atoms with Gasteiger partial charge < -0.3 is 10.1 Å². The van der Waals surface area contributed by atoms with Crippen LogP contribution in [0, 0.1) is 0 Å². The van der Waals surface area contributed by atoms with Crippen LogP contribution in [-0.2, 0) is 6.54 Å². The molecular formula is C20H18N6O2. The lowest BCUT2D eigenvalue weighted by Gasteiger charge is -2.10. The Balaban J connectivity index is 1.40. The van der Waals surface area contributed by atoms with Gasteiger partial charge in [0.25, 0.3) is 5.91 Å². The molecule has 4 rings (SSSR count). The van der Waals surface area contributed by atoms with Crippen LogP contribution >= 0.6 is 0 Å². The number of anilines is 1. The Hall–Kier alpha value is -3.94. The van der Waals surface area contributed by atoms with E-state index in [-0.39, 0.29) is 5.91 Å². The molecule has 1 amide bonds. The van der Waals surface area contributed by atoms with Crippen molar-refractivity contribution in [1.29, 1.82) is 0 Å². The molecule has 0 unspecified atom stereocenters. The number of ether oxygens (including phenoxy) is 1. The fourth-order valence-corrected chi connectivity index (χ4v) is 2.65. The monoisotopic (exact) mass is 374 g/mol. The van der Waals surface area contributed by atoms with Gasteiger partial charge in [-0.3, -0.25) is 14.0 Å². The number of amides is 1. The Morgan fingerprint density at radius 1 is 1.07 bits per heavy atom. The lowest BCUT2D eigenvalue weighted by Crippen LogP contribution is -2.13. The van der Waals surface area contributed by atoms with Crippen molar-refractivity contribution in [2.75, 3.05) is 11.9 Å². The third-order valence-corrected chi connectivity index (χ3v) is 4.02. The minimum absolute atomic E-state index is 0.225. The molecule has 0 saturated carbocycles. The standard InChI is InChI=1S/C20H18N6O2/c27-20(16-5-7-22-19(13-16)25-10-8-21-15-25)24-17-3-1-4-18(14-17)28-12-11-26-9-2-6-23-26/h1-10,13-15H,11-12H2,(H,24,27). The van der Waals surface area contributed by atoms with E-state index in [1.165, 1.54) is 0 Å². The molecule has 140 valence electrons. The Kier molecular flexibility index (Phi) is 5.10. The number of aromatic nitrogens is 5. The number of hydrogen-bond acceptors (Lipinski definition) is 5. The quantitative estimate of drug-likeness (QED) is 0.537. The lowest BCUT2D eigenvalue weighted by atomic mass is 10.2. The highest BCUT2D eigenvalue weighted by Crippen LogP contribution is 2.18. The van der Waals surface area contributed by atoms with Crippen LogP contribution in [0.2, 0.25) is 0 Å². The molecule has 0 aliphatic rings. The number of carbonyl (C=O) groups excluding carboxylic acids is 1. The van der Waals surface area contributed by atoms with Gasteiger partial charge in [0.1, 0.15) is 24.5 Å². The van der Waals surface area contributed by atoms with Crippen LogP contribution in [0.25, 0.3) is 5.82 Å². The molecule has 8 heteroatoms. The Morgan fingerprint density at radius 3 is 2.86 bits per heavy atom. The minimum atomic E-state index is -0.225. The summed E-state index contributed by atoms with van der Waals surface area (Å²) in [6.45, 7) is 1.13. The number of hydrogen-bond donors (Lipinski definition) is 1. The fraction of sp³-hybridized carbons (Fsp3) is 0.100. The van der Waals surface area contributed by atoms with Gasteiger partial charge in [0.15, 0.2) is 0 Å². The molecule has 0 aliphatic heterocycles. The highest BCUT2D eigenvalue weighted by molar-refractivity contribution is 6.04. The van der Waals surface area contributed by atoms with Crippen molar-refractivity contribution in [2.24, 2.45) is 0 Å². The van der Waals surface area contributed by atoms with E-state index < -0.39 is 0 Å². The molecule has 0 radical (unpaired) electrons. The van der Waals surface area contributed by atoms with Crippen LogP contribution in [-0.4, -0.2) is 36.8 Å². The molecule has 0 spiro atoms. The van der Waals surface area contributed by atoms with Gasteiger partial charge in [0.05, 0.1) is 6.54 Å². The first-order chi connectivity index (χ1) is 13.8. The van der Waals surface area contributed by atoms with Crippen molar-refractivity contribution in [2.45, 2.75) is 6.54 Å². The summed E-state index contributed by atoms with van der Waals surface area (Å²) in [5, 5.41) is 7.02. The van der Waals surface area contributed by atoms with E-state index in [1.54, 1.807) is 58.6 Å². The van der Waals surface area contributed by atoms with Crippen LogP contribution in [0.1, 0.15) is 10.4 Å². The molecule has 0 saturated heterocycles. The van der Waals surface area contributed by atoms with E-state index in [0.29, 0.717) is 36.0 Å². The van der Waals surface area contributed by atoms with E-state index in [1.807, 2.05) is 30.5 Å². The number of benzene rings is 1. The maximum absolute atomic E-state index is 12.6. The molecule has 0 atom stereocenters. The zero-order chi connectivity index (χ0) is 19.2. The van der Waals surface area contributed by atoms with Gasteiger partial charge in [0.2, 0.25) is 0 Å². The van der Waals surface area contributed by atoms with Gasteiger partial charge in [-0.25, -0.2) is 9.97 Å². The molecule has 4 aromatic rings. The van der Waals surface area contributed by atoms with Crippen molar-refractivity contribution >= 4 is 11.6 Å². The molecule has 8 nitrogen and oxygen atoms in total. The zero-order valence-electron chi connectivity index (χ0n) is 15.0. The minimum Gasteiger partial charge on any atom is -0.492 e. The topological polar surface area (TPSA) is 86.9 Å². The molecule has 0 aliphatic carbocycles. The number of rotatable bonds is 7. The first kappa shape index (κ1) is 17.5. The molecule has 0 fully saturated rings. The molecular weight excluding hydrogens is 356 g/mol. The second kappa shape index (κ2) is 8.17. The Morgan fingerprint density at radius 2 is 2.04 bits per heavy atom. The Bertz CT molecular complexity index is 1040. The number of nitrogens with one attached hydrogen (secondary N) is 1. The number of pyridine rings is 1. The van der Waals surface area contributed by atoms with Gasteiger partial charge in [-0.1, -0.05) is 6.07 Å². The zero-order valence-corrected chi connectivity index (χ0v) is 15.0. The summed E-state index contributed by atoms with van der Waals surface area (Å²) in [4.78, 5) is 20.9. The predicted molar refractivity (Wildman–Crippen MR) is 103 cm³/mol. The number of carbonyl (C=O) groups is 1. The highest BCUT2D eigenvalue weighted by atomic mass is 16.5.